The van der Waals surface area contributed by atoms with Gasteiger partial charge in [0.1, 0.15) is 0 Å². The number of hydrogen-bond acceptors (Lipinski definition) is 2. The summed E-state index contributed by atoms with van der Waals surface area (Å²) in [5.74, 6) is 0. The van der Waals surface area contributed by atoms with Crippen LogP contribution in [-0.2, 0) is 6.42 Å². The molecule has 1 unspecified atom stereocenters. The van der Waals surface area contributed by atoms with Crippen molar-refractivity contribution in [3.63, 3.8) is 0 Å². The van der Waals surface area contributed by atoms with E-state index in [1.807, 2.05) is 6.07 Å². The van der Waals surface area contributed by atoms with Crippen LogP contribution in [0.2, 0.25) is 5.02 Å². The molecule has 0 radical (unpaired) electrons. The minimum atomic E-state index is 0.368. The van der Waals surface area contributed by atoms with Gasteiger partial charge < -0.3 is 5.32 Å². The Labute approximate surface area is 124 Å². The minimum Gasteiger partial charge on any atom is -0.309 e. The standard InChI is InChI=1S/C16H20ClNS/c1-2-11-18-15(16-14(17)10-12-19-16)9-8-13-6-4-3-5-7-13/h3-7,10,12,15,18H,2,8-9,11H2,1H3. The third kappa shape index (κ3) is 4.34. The van der Waals surface area contributed by atoms with Crippen LogP contribution in [0.4, 0.5) is 0 Å². The van der Waals surface area contributed by atoms with E-state index in [-0.39, 0.29) is 0 Å². The molecule has 1 aromatic heterocycles. The number of rotatable bonds is 7. The first-order chi connectivity index (χ1) is 9.31. The number of aryl methyl sites for hydroxylation is 1. The molecule has 0 bridgehead atoms. The second-order valence-electron chi connectivity index (χ2n) is 4.66. The Hall–Kier alpha value is -0.830. The van der Waals surface area contributed by atoms with Crippen molar-refractivity contribution >= 4 is 22.9 Å². The fourth-order valence-electron chi connectivity index (χ4n) is 2.15. The van der Waals surface area contributed by atoms with Gasteiger partial charge in [-0.1, -0.05) is 48.9 Å². The van der Waals surface area contributed by atoms with Crippen molar-refractivity contribution < 1.29 is 0 Å². The molecule has 0 saturated carbocycles. The summed E-state index contributed by atoms with van der Waals surface area (Å²) in [6.45, 7) is 3.23. The van der Waals surface area contributed by atoms with E-state index in [4.69, 9.17) is 11.6 Å². The quantitative estimate of drug-likeness (QED) is 0.751. The van der Waals surface area contributed by atoms with Crippen molar-refractivity contribution in [2.75, 3.05) is 6.54 Å². The maximum Gasteiger partial charge on any atom is 0.0561 e. The summed E-state index contributed by atoms with van der Waals surface area (Å²) in [5.41, 5.74) is 1.39. The summed E-state index contributed by atoms with van der Waals surface area (Å²) in [5, 5.41) is 6.57. The molecule has 3 heteroatoms. The molecule has 0 aliphatic heterocycles. The first-order valence-electron chi connectivity index (χ1n) is 6.81. The van der Waals surface area contributed by atoms with Crippen LogP contribution in [0.15, 0.2) is 41.8 Å². The van der Waals surface area contributed by atoms with Crippen LogP contribution in [0.1, 0.15) is 36.2 Å². The van der Waals surface area contributed by atoms with Gasteiger partial charge in [0.25, 0.3) is 0 Å². The Balaban J connectivity index is 2.00. The van der Waals surface area contributed by atoms with Crippen LogP contribution in [0, 0.1) is 0 Å². The molecule has 102 valence electrons. The molecule has 0 fully saturated rings. The van der Waals surface area contributed by atoms with Crippen molar-refractivity contribution in [3.8, 4) is 0 Å². The van der Waals surface area contributed by atoms with Gasteiger partial charge >= 0.3 is 0 Å². The number of thiophene rings is 1. The van der Waals surface area contributed by atoms with Crippen molar-refractivity contribution in [2.45, 2.75) is 32.2 Å². The van der Waals surface area contributed by atoms with Gasteiger partial charge in [0.2, 0.25) is 0 Å². The van der Waals surface area contributed by atoms with Crippen LogP contribution in [-0.4, -0.2) is 6.54 Å². The van der Waals surface area contributed by atoms with Crippen LogP contribution in [0.25, 0.3) is 0 Å². The molecule has 1 aromatic carbocycles. The fourth-order valence-corrected chi connectivity index (χ4v) is 3.45. The molecule has 2 rings (SSSR count). The topological polar surface area (TPSA) is 12.0 Å². The summed E-state index contributed by atoms with van der Waals surface area (Å²) in [7, 11) is 0. The highest BCUT2D eigenvalue weighted by Gasteiger charge is 2.15. The molecule has 1 nitrogen and oxygen atoms in total. The summed E-state index contributed by atoms with van der Waals surface area (Å²) in [6, 6.07) is 13.0. The van der Waals surface area contributed by atoms with E-state index in [0.29, 0.717) is 6.04 Å². The molecular formula is C16H20ClNS. The van der Waals surface area contributed by atoms with Gasteiger partial charge in [-0.2, -0.15) is 0 Å². The Bertz CT molecular complexity index is 481. The van der Waals surface area contributed by atoms with Crippen molar-refractivity contribution in [3.05, 3.63) is 57.2 Å². The summed E-state index contributed by atoms with van der Waals surface area (Å²) in [4.78, 5) is 1.27. The molecule has 2 aromatic rings. The third-order valence-corrected chi connectivity index (χ3v) is 4.64. The Morgan fingerprint density at radius 1 is 1.21 bits per heavy atom. The van der Waals surface area contributed by atoms with Gasteiger partial charge in [-0.25, -0.2) is 0 Å². The Morgan fingerprint density at radius 3 is 2.63 bits per heavy atom. The summed E-state index contributed by atoms with van der Waals surface area (Å²) in [6.07, 6.45) is 3.31. The minimum absolute atomic E-state index is 0.368. The second-order valence-corrected chi connectivity index (χ2v) is 6.02. The zero-order valence-corrected chi connectivity index (χ0v) is 12.8. The summed E-state index contributed by atoms with van der Waals surface area (Å²) < 4.78 is 0. The maximum absolute atomic E-state index is 6.27. The average Bonchev–Trinajstić information content (AvgIpc) is 2.86. The maximum atomic E-state index is 6.27. The molecule has 0 aliphatic carbocycles. The average molecular weight is 294 g/mol. The number of hydrogen-bond donors (Lipinski definition) is 1. The van der Waals surface area contributed by atoms with Gasteiger partial charge in [-0.15, -0.1) is 11.3 Å². The highest BCUT2D eigenvalue weighted by atomic mass is 35.5. The molecular weight excluding hydrogens is 274 g/mol. The first kappa shape index (κ1) is 14.6. The fraction of sp³-hybridized carbons (Fsp3) is 0.375. The van der Waals surface area contributed by atoms with E-state index in [1.165, 1.54) is 10.4 Å². The zero-order chi connectivity index (χ0) is 13.5. The Morgan fingerprint density at radius 2 is 2.00 bits per heavy atom. The van der Waals surface area contributed by atoms with E-state index in [2.05, 4.69) is 48.0 Å². The second kappa shape index (κ2) is 7.68. The summed E-state index contributed by atoms with van der Waals surface area (Å²) >= 11 is 8.01. The lowest BCUT2D eigenvalue weighted by atomic mass is 10.0. The smallest absolute Gasteiger partial charge is 0.0561 e. The van der Waals surface area contributed by atoms with E-state index >= 15 is 0 Å². The van der Waals surface area contributed by atoms with E-state index in [0.717, 1.165) is 30.8 Å². The van der Waals surface area contributed by atoms with Crippen LogP contribution in [0.5, 0.6) is 0 Å². The largest absolute Gasteiger partial charge is 0.309 e. The van der Waals surface area contributed by atoms with Gasteiger partial charge in [0.15, 0.2) is 0 Å². The molecule has 1 N–H and O–H groups in total. The highest BCUT2D eigenvalue weighted by Crippen LogP contribution is 2.31. The van der Waals surface area contributed by atoms with Crippen molar-refractivity contribution in [2.24, 2.45) is 0 Å². The van der Waals surface area contributed by atoms with Crippen molar-refractivity contribution in [1.82, 2.24) is 5.32 Å². The number of benzene rings is 1. The zero-order valence-electron chi connectivity index (χ0n) is 11.2. The molecule has 19 heavy (non-hydrogen) atoms. The van der Waals surface area contributed by atoms with E-state index in [1.54, 1.807) is 11.3 Å². The van der Waals surface area contributed by atoms with Crippen LogP contribution < -0.4 is 5.32 Å². The molecule has 0 spiro atoms. The van der Waals surface area contributed by atoms with Crippen molar-refractivity contribution in [1.29, 1.82) is 0 Å². The Kier molecular flexibility index (Phi) is 5.90. The van der Waals surface area contributed by atoms with E-state index < -0.39 is 0 Å². The highest BCUT2D eigenvalue weighted by molar-refractivity contribution is 7.10. The predicted octanol–water partition coefficient (Wildman–Crippen LogP) is 5.08. The SMILES string of the molecule is CCCNC(CCc1ccccc1)c1sccc1Cl. The predicted molar refractivity (Wildman–Crippen MR) is 85.1 cm³/mol. The van der Waals surface area contributed by atoms with Gasteiger partial charge in [-0.3, -0.25) is 0 Å². The van der Waals surface area contributed by atoms with Crippen LogP contribution >= 0.6 is 22.9 Å². The molecule has 1 atom stereocenters. The lowest BCUT2D eigenvalue weighted by Gasteiger charge is -2.18. The monoisotopic (exact) mass is 293 g/mol. The van der Waals surface area contributed by atoms with Gasteiger partial charge in [0, 0.05) is 10.9 Å². The van der Waals surface area contributed by atoms with E-state index in [9.17, 15) is 0 Å². The molecule has 1 heterocycles. The molecule has 0 aliphatic rings. The lowest BCUT2D eigenvalue weighted by molar-refractivity contribution is 0.506. The normalized spacial score (nSPS) is 12.5. The van der Waals surface area contributed by atoms with Gasteiger partial charge in [0.05, 0.1) is 5.02 Å². The van der Waals surface area contributed by atoms with Gasteiger partial charge in [-0.05, 0) is 42.8 Å². The lowest BCUT2D eigenvalue weighted by Crippen LogP contribution is -2.22. The number of halogens is 1. The number of nitrogens with one attached hydrogen (secondary N) is 1. The first-order valence-corrected chi connectivity index (χ1v) is 8.07. The third-order valence-electron chi connectivity index (χ3n) is 3.17. The van der Waals surface area contributed by atoms with Crippen LogP contribution in [0.3, 0.4) is 0 Å². The molecule has 0 amide bonds. The molecule has 0 saturated heterocycles.